The van der Waals surface area contributed by atoms with E-state index in [1.807, 2.05) is 23.6 Å². The zero-order valence-corrected chi connectivity index (χ0v) is 13.9. The molecule has 1 aromatic carbocycles. The molecule has 0 bridgehead atoms. The van der Waals surface area contributed by atoms with E-state index in [1.165, 1.54) is 0 Å². The maximum absolute atomic E-state index is 6.33. The lowest BCUT2D eigenvalue weighted by molar-refractivity contribution is 0.323. The van der Waals surface area contributed by atoms with Crippen LogP contribution in [-0.4, -0.2) is 21.3 Å². The first kappa shape index (κ1) is 15.2. The average molecular weight is 358 g/mol. The first-order chi connectivity index (χ1) is 9.62. The third kappa shape index (κ3) is 2.77. The summed E-state index contributed by atoms with van der Waals surface area (Å²) in [5.41, 5.74) is 7.23. The molecule has 1 heterocycles. The fraction of sp³-hybridized carbons (Fsp3) is 0.286. The number of nitrogens with two attached hydrogens (primary N) is 1. The largest absolute Gasteiger partial charge is 0.493 e. The van der Waals surface area contributed by atoms with Crippen molar-refractivity contribution >= 4 is 27.3 Å². The van der Waals surface area contributed by atoms with Gasteiger partial charge in [-0.05, 0) is 45.1 Å². The van der Waals surface area contributed by atoms with E-state index in [-0.39, 0.29) is 6.04 Å². The van der Waals surface area contributed by atoms with E-state index in [2.05, 4.69) is 15.9 Å². The lowest BCUT2D eigenvalue weighted by atomic mass is 10.0. The quantitative estimate of drug-likeness (QED) is 0.888. The molecular formula is C14H16BrNO3S. The Morgan fingerprint density at radius 1 is 1.10 bits per heavy atom. The summed E-state index contributed by atoms with van der Waals surface area (Å²) < 4.78 is 17.0. The van der Waals surface area contributed by atoms with Crippen LogP contribution < -0.4 is 19.9 Å². The van der Waals surface area contributed by atoms with Gasteiger partial charge in [0, 0.05) is 9.35 Å². The van der Waals surface area contributed by atoms with Crippen molar-refractivity contribution in [3.63, 3.8) is 0 Å². The molecule has 1 aromatic heterocycles. The average Bonchev–Trinajstić information content (AvgIpc) is 2.90. The fourth-order valence-electron chi connectivity index (χ4n) is 1.96. The smallest absolute Gasteiger partial charge is 0.203 e. The first-order valence-electron chi connectivity index (χ1n) is 5.90. The standard InChI is InChI=1S/C14H16BrNO3S/c1-17-10-6-8(7-11(18-2)13(10)19-3)12(16)14-9(15)4-5-20-14/h4-7,12H,16H2,1-3H3. The molecule has 108 valence electrons. The molecule has 4 nitrogen and oxygen atoms in total. The van der Waals surface area contributed by atoms with Gasteiger partial charge in [0.15, 0.2) is 11.5 Å². The van der Waals surface area contributed by atoms with Crippen LogP contribution >= 0.6 is 27.3 Å². The molecular weight excluding hydrogens is 342 g/mol. The van der Waals surface area contributed by atoms with Gasteiger partial charge in [-0.2, -0.15) is 0 Å². The van der Waals surface area contributed by atoms with E-state index in [9.17, 15) is 0 Å². The van der Waals surface area contributed by atoms with Crippen LogP contribution in [0.5, 0.6) is 17.2 Å². The molecule has 0 amide bonds. The second-order valence-corrected chi connectivity index (χ2v) is 5.87. The van der Waals surface area contributed by atoms with Crippen molar-refractivity contribution in [2.45, 2.75) is 6.04 Å². The van der Waals surface area contributed by atoms with Crippen molar-refractivity contribution in [3.8, 4) is 17.2 Å². The van der Waals surface area contributed by atoms with Crippen molar-refractivity contribution < 1.29 is 14.2 Å². The molecule has 0 saturated heterocycles. The van der Waals surface area contributed by atoms with Crippen molar-refractivity contribution in [1.82, 2.24) is 0 Å². The second kappa shape index (κ2) is 6.47. The number of ether oxygens (including phenoxy) is 3. The predicted molar refractivity (Wildman–Crippen MR) is 84.1 cm³/mol. The van der Waals surface area contributed by atoms with Gasteiger partial charge in [0.1, 0.15) is 0 Å². The lowest BCUT2D eigenvalue weighted by Crippen LogP contribution is -2.11. The Bertz CT molecular complexity index is 575. The molecule has 0 aliphatic carbocycles. The minimum Gasteiger partial charge on any atom is -0.493 e. The van der Waals surface area contributed by atoms with E-state index in [1.54, 1.807) is 32.7 Å². The number of thiophene rings is 1. The van der Waals surface area contributed by atoms with Gasteiger partial charge < -0.3 is 19.9 Å². The molecule has 0 aliphatic heterocycles. The van der Waals surface area contributed by atoms with Gasteiger partial charge in [-0.25, -0.2) is 0 Å². The number of halogens is 1. The molecule has 0 saturated carbocycles. The van der Waals surface area contributed by atoms with Gasteiger partial charge in [0.2, 0.25) is 5.75 Å². The highest BCUT2D eigenvalue weighted by Gasteiger charge is 2.19. The summed E-state index contributed by atoms with van der Waals surface area (Å²) in [6, 6.07) is 5.48. The molecule has 0 spiro atoms. The molecule has 2 N–H and O–H groups in total. The van der Waals surface area contributed by atoms with Gasteiger partial charge in [-0.1, -0.05) is 0 Å². The molecule has 1 atom stereocenters. The monoisotopic (exact) mass is 357 g/mol. The number of rotatable bonds is 5. The Morgan fingerprint density at radius 2 is 1.70 bits per heavy atom. The maximum Gasteiger partial charge on any atom is 0.203 e. The van der Waals surface area contributed by atoms with E-state index in [0.29, 0.717) is 17.2 Å². The second-order valence-electron chi connectivity index (χ2n) is 4.07. The van der Waals surface area contributed by atoms with Gasteiger partial charge in [-0.3, -0.25) is 0 Å². The van der Waals surface area contributed by atoms with Crippen LogP contribution in [0, 0.1) is 0 Å². The highest BCUT2D eigenvalue weighted by atomic mass is 79.9. The van der Waals surface area contributed by atoms with Crippen molar-refractivity contribution in [3.05, 3.63) is 38.5 Å². The summed E-state index contributed by atoms with van der Waals surface area (Å²) in [6.07, 6.45) is 0. The highest BCUT2D eigenvalue weighted by molar-refractivity contribution is 9.10. The third-order valence-electron chi connectivity index (χ3n) is 2.97. The van der Waals surface area contributed by atoms with E-state index in [0.717, 1.165) is 14.9 Å². The first-order valence-corrected chi connectivity index (χ1v) is 7.58. The summed E-state index contributed by atoms with van der Waals surface area (Å²) in [4.78, 5) is 1.05. The van der Waals surface area contributed by atoms with Crippen LogP contribution in [0.1, 0.15) is 16.5 Å². The van der Waals surface area contributed by atoms with E-state index >= 15 is 0 Å². The zero-order valence-electron chi connectivity index (χ0n) is 11.5. The topological polar surface area (TPSA) is 53.7 Å². The SMILES string of the molecule is COc1cc(C(N)c2sccc2Br)cc(OC)c1OC. The van der Waals surface area contributed by atoms with Crippen molar-refractivity contribution in [2.24, 2.45) is 5.73 Å². The van der Waals surface area contributed by atoms with E-state index in [4.69, 9.17) is 19.9 Å². The van der Waals surface area contributed by atoms with Crippen LogP contribution in [0.25, 0.3) is 0 Å². The number of benzene rings is 1. The Hall–Kier alpha value is -1.24. The van der Waals surface area contributed by atoms with Crippen LogP contribution in [0.3, 0.4) is 0 Å². The van der Waals surface area contributed by atoms with Crippen LogP contribution in [0.15, 0.2) is 28.1 Å². The summed E-state index contributed by atoms with van der Waals surface area (Å²) in [5, 5.41) is 2.00. The normalized spacial score (nSPS) is 12.1. The zero-order chi connectivity index (χ0) is 14.7. The summed E-state index contributed by atoms with van der Waals surface area (Å²) in [6.45, 7) is 0. The Kier molecular flexibility index (Phi) is 4.91. The summed E-state index contributed by atoms with van der Waals surface area (Å²) in [5.74, 6) is 1.77. The van der Waals surface area contributed by atoms with Crippen molar-refractivity contribution in [2.75, 3.05) is 21.3 Å². The fourth-order valence-corrected chi connectivity index (χ4v) is 3.61. The molecule has 1 unspecified atom stereocenters. The number of hydrogen-bond acceptors (Lipinski definition) is 5. The molecule has 6 heteroatoms. The minimum absolute atomic E-state index is 0.252. The number of methoxy groups -OCH3 is 3. The Balaban J connectivity index is 2.49. The van der Waals surface area contributed by atoms with E-state index < -0.39 is 0 Å². The molecule has 0 radical (unpaired) electrons. The number of hydrogen-bond donors (Lipinski definition) is 1. The van der Waals surface area contributed by atoms with Gasteiger partial charge in [-0.15, -0.1) is 11.3 Å². The van der Waals surface area contributed by atoms with Crippen LogP contribution in [0.4, 0.5) is 0 Å². The van der Waals surface area contributed by atoms with Gasteiger partial charge in [0.05, 0.1) is 27.4 Å². The van der Waals surface area contributed by atoms with Crippen molar-refractivity contribution in [1.29, 1.82) is 0 Å². The summed E-state index contributed by atoms with van der Waals surface area (Å²) in [7, 11) is 4.76. The molecule has 0 fully saturated rings. The predicted octanol–water partition coefficient (Wildman–Crippen LogP) is 3.58. The molecule has 2 rings (SSSR count). The Morgan fingerprint density at radius 3 is 2.10 bits per heavy atom. The van der Waals surface area contributed by atoms with Gasteiger partial charge in [0.25, 0.3) is 0 Å². The van der Waals surface area contributed by atoms with Crippen LogP contribution in [-0.2, 0) is 0 Å². The molecule has 20 heavy (non-hydrogen) atoms. The Labute approximate surface area is 130 Å². The molecule has 2 aromatic rings. The lowest BCUT2D eigenvalue weighted by Gasteiger charge is -2.17. The summed E-state index contributed by atoms with van der Waals surface area (Å²) >= 11 is 5.11. The molecule has 0 aliphatic rings. The third-order valence-corrected chi connectivity index (χ3v) is 4.93. The van der Waals surface area contributed by atoms with Gasteiger partial charge >= 0.3 is 0 Å². The van der Waals surface area contributed by atoms with Crippen LogP contribution in [0.2, 0.25) is 0 Å². The highest BCUT2D eigenvalue weighted by Crippen LogP contribution is 2.41. The maximum atomic E-state index is 6.33. The minimum atomic E-state index is -0.252.